The van der Waals surface area contributed by atoms with E-state index in [0.717, 1.165) is 33.3 Å². The Bertz CT molecular complexity index is 1020. The van der Waals surface area contributed by atoms with E-state index in [-0.39, 0.29) is 11.1 Å². The minimum absolute atomic E-state index is 0.107. The number of rotatable bonds is 4. The van der Waals surface area contributed by atoms with Crippen LogP contribution in [0.3, 0.4) is 0 Å². The number of hydrogen-bond acceptors (Lipinski definition) is 4. The lowest BCUT2D eigenvalue weighted by Gasteiger charge is -2.08. The molecule has 0 aliphatic heterocycles. The van der Waals surface area contributed by atoms with E-state index in [1.807, 2.05) is 63.2 Å². The molecule has 0 spiro atoms. The Kier molecular flexibility index (Phi) is 4.82. The molecule has 0 saturated carbocycles. The fraction of sp³-hybridized carbons (Fsp3) is 0.200. The molecule has 0 aliphatic carbocycles. The molecule has 0 unspecified atom stereocenters. The maximum atomic E-state index is 12.5. The van der Waals surface area contributed by atoms with Gasteiger partial charge in [0, 0.05) is 16.8 Å². The number of benzene rings is 1. The van der Waals surface area contributed by atoms with Crippen LogP contribution in [0.1, 0.15) is 23.8 Å². The first-order valence-electron chi connectivity index (χ1n) is 8.01. The number of H-pyrrole nitrogens is 1. The molecule has 25 heavy (non-hydrogen) atoms. The number of pyridine rings is 1. The number of nitriles is 1. The molecule has 2 heterocycles. The van der Waals surface area contributed by atoms with Gasteiger partial charge in [0.1, 0.15) is 17.4 Å². The third-order valence-corrected chi connectivity index (χ3v) is 4.72. The van der Waals surface area contributed by atoms with Gasteiger partial charge in [0.15, 0.2) is 5.09 Å². The monoisotopic (exact) mass is 350 g/mol. The molecule has 4 nitrogen and oxygen atoms in total. The molecule has 0 aliphatic rings. The molecule has 0 atom stereocenters. The molecule has 126 valence electrons. The molecule has 0 saturated heterocycles. The number of furan rings is 1. The van der Waals surface area contributed by atoms with Gasteiger partial charge in [0.2, 0.25) is 0 Å². The zero-order valence-electron chi connectivity index (χ0n) is 14.3. The van der Waals surface area contributed by atoms with Crippen LogP contribution in [-0.2, 0) is 0 Å². The lowest BCUT2D eigenvalue weighted by molar-refractivity contribution is 0.450. The molecule has 3 aromatic rings. The smallest absolute Gasteiger partial charge is 0.266 e. The Morgan fingerprint density at radius 2 is 2.00 bits per heavy atom. The Morgan fingerprint density at radius 3 is 2.68 bits per heavy atom. The van der Waals surface area contributed by atoms with Crippen molar-refractivity contribution >= 4 is 11.8 Å². The van der Waals surface area contributed by atoms with E-state index in [0.29, 0.717) is 11.3 Å². The van der Waals surface area contributed by atoms with Crippen molar-refractivity contribution < 1.29 is 4.42 Å². The third-order valence-electron chi connectivity index (χ3n) is 3.86. The van der Waals surface area contributed by atoms with E-state index < -0.39 is 0 Å². The van der Waals surface area contributed by atoms with Gasteiger partial charge >= 0.3 is 0 Å². The van der Waals surface area contributed by atoms with Gasteiger partial charge in [-0.1, -0.05) is 42.4 Å². The van der Waals surface area contributed by atoms with E-state index >= 15 is 0 Å². The standard InChI is InChI=1S/C20H18N2O2S/c1-4-25-20-16(9-13(3)24-20)15-10-18(22-19(23)17(15)11-21)14-7-5-6-12(2)8-14/h5-10H,4H2,1-3H3,(H,22,23). The van der Waals surface area contributed by atoms with Crippen molar-refractivity contribution in [3.05, 3.63) is 63.6 Å². The van der Waals surface area contributed by atoms with Gasteiger partial charge in [-0.3, -0.25) is 4.79 Å². The van der Waals surface area contributed by atoms with Crippen molar-refractivity contribution in [2.75, 3.05) is 5.75 Å². The van der Waals surface area contributed by atoms with Crippen LogP contribution in [0.25, 0.3) is 22.4 Å². The summed E-state index contributed by atoms with van der Waals surface area (Å²) in [7, 11) is 0. The highest BCUT2D eigenvalue weighted by Gasteiger charge is 2.18. The lowest BCUT2D eigenvalue weighted by Crippen LogP contribution is -2.12. The highest BCUT2D eigenvalue weighted by atomic mass is 32.2. The molecule has 2 aromatic heterocycles. The molecule has 5 heteroatoms. The van der Waals surface area contributed by atoms with Crippen molar-refractivity contribution in [2.24, 2.45) is 0 Å². The highest BCUT2D eigenvalue weighted by molar-refractivity contribution is 7.99. The summed E-state index contributed by atoms with van der Waals surface area (Å²) in [4.78, 5) is 15.3. The maximum Gasteiger partial charge on any atom is 0.266 e. The third kappa shape index (κ3) is 3.40. The van der Waals surface area contributed by atoms with Crippen LogP contribution in [0, 0.1) is 25.2 Å². The number of thioether (sulfide) groups is 1. The zero-order chi connectivity index (χ0) is 18.0. The van der Waals surface area contributed by atoms with Crippen molar-refractivity contribution in [2.45, 2.75) is 25.9 Å². The van der Waals surface area contributed by atoms with Crippen LogP contribution in [0.2, 0.25) is 0 Å². The van der Waals surface area contributed by atoms with Gasteiger partial charge in [-0.2, -0.15) is 5.26 Å². The Labute approximate surface area is 150 Å². The number of nitrogens with zero attached hydrogens (tertiary/aromatic N) is 1. The van der Waals surface area contributed by atoms with Crippen LogP contribution in [0.15, 0.2) is 50.7 Å². The Balaban J connectivity index is 2.26. The maximum absolute atomic E-state index is 12.5. The van der Waals surface area contributed by atoms with Crippen molar-refractivity contribution in [1.82, 2.24) is 4.98 Å². The largest absolute Gasteiger partial charge is 0.455 e. The van der Waals surface area contributed by atoms with Crippen LogP contribution in [0.5, 0.6) is 0 Å². The van der Waals surface area contributed by atoms with Crippen LogP contribution in [-0.4, -0.2) is 10.7 Å². The first-order chi connectivity index (χ1) is 12.0. The second-order valence-electron chi connectivity index (χ2n) is 5.77. The van der Waals surface area contributed by atoms with Crippen molar-refractivity contribution in [1.29, 1.82) is 5.26 Å². The summed E-state index contributed by atoms with van der Waals surface area (Å²) in [6.07, 6.45) is 0. The molecule has 0 amide bonds. The fourth-order valence-electron chi connectivity index (χ4n) is 2.77. The first-order valence-corrected chi connectivity index (χ1v) is 9.00. The van der Waals surface area contributed by atoms with Gasteiger partial charge in [0.05, 0.1) is 0 Å². The molecule has 1 N–H and O–H groups in total. The minimum Gasteiger partial charge on any atom is -0.455 e. The van der Waals surface area contributed by atoms with Crippen LogP contribution >= 0.6 is 11.8 Å². The summed E-state index contributed by atoms with van der Waals surface area (Å²) in [6, 6.07) is 13.7. The van der Waals surface area contributed by atoms with E-state index in [9.17, 15) is 10.1 Å². The summed E-state index contributed by atoms with van der Waals surface area (Å²) in [5.74, 6) is 1.60. The average Bonchev–Trinajstić information content (AvgIpc) is 2.95. The second-order valence-corrected chi connectivity index (χ2v) is 7.01. The molecule has 0 radical (unpaired) electrons. The summed E-state index contributed by atoms with van der Waals surface area (Å²) >= 11 is 1.56. The number of hydrogen-bond donors (Lipinski definition) is 1. The predicted molar refractivity (Wildman–Crippen MR) is 101 cm³/mol. The van der Waals surface area contributed by atoms with E-state index in [1.165, 1.54) is 0 Å². The van der Waals surface area contributed by atoms with E-state index in [1.54, 1.807) is 11.8 Å². The number of nitrogens with one attached hydrogen (secondary N) is 1. The van der Waals surface area contributed by atoms with Crippen molar-refractivity contribution in [3.63, 3.8) is 0 Å². The van der Waals surface area contributed by atoms with Crippen LogP contribution < -0.4 is 5.56 Å². The van der Waals surface area contributed by atoms with E-state index in [2.05, 4.69) is 4.98 Å². The highest BCUT2D eigenvalue weighted by Crippen LogP contribution is 2.36. The molecule has 0 fully saturated rings. The zero-order valence-corrected chi connectivity index (χ0v) is 15.2. The van der Waals surface area contributed by atoms with Crippen molar-refractivity contribution in [3.8, 4) is 28.5 Å². The fourth-order valence-corrected chi connectivity index (χ4v) is 3.55. The minimum atomic E-state index is -0.386. The topological polar surface area (TPSA) is 69.8 Å². The second kappa shape index (κ2) is 7.04. The molecule has 0 bridgehead atoms. The molecular formula is C20H18N2O2S. The molecule has 1 aromatic carbocycles. The number of aromatic amines is 1. The van der Waals surface area contributed by atoms with Gasteiger partial charge < -0.3 is 9.40 Å². The van der Waals surface area contributed by atoms with Crippen LogP contribution in [0.4, 0.5) is 0 Å². The number of aryl methyl sites for hydroxylation is 2. The summed E-state index contributed by atoms with van der Waals surface area (Å²) in [5, 5.41) is 10.2. The Hall–Kier alpha value is -2.71. The van der Waals surface area contributed by atoms with Gasteiger partial charge in [-0.05, 0) is 43.4 Å². The quantitative estimate of drug-likeness (QED) is 0.679. The normalized spacial score (nSPS) is 10.6. The number of aromatic nitrogens is 1. The van der Waals surface area contributed by atoms with Gasteiger partial charge in [-0.15, -0.1) is 0 Å². The van der Waals surface area contributed by atoms with Gasteiger partial charge in [-0.25, -0.2) is 0 Å². The summed E-state index contributed by atoms with van der Waals surface area (Å²) in [6.45, 7) is 5.90. The predicted octanol–water partition coefficient (Wildman–Crippen LogP) is 4.90. The molecular weight excluding hydrogens is 332 g/mol. The Morgan fingerprint density at radius 1 is 1.20 bits per heavy atom. The van der Waals surface area contributed by atoms with E-state index in [4.69, 9.17) is 4.42 Å². The SMILES string of the molecule is CCSc1oc(C)cc1-c1cc(-c2cccc(C)c2)[nH]c(=O)c1C#N. The summed E-state index contributed by atoms with van der Waals surface area (Å²) in [5.41, 5.74) is 3.82. The molecule has 3 rings (SSSR count). The van der Waals surface area contributed by atoms with Gasteiger partial charge in [0.25, 0.3) is 5.56 Å². The lowest BCUT2D eigenvalue weighted by atomic mass is 10.0. The summed E-state index contributed by atoms with van der Waals surface area (Å²) < 4.78 is 5.75. The average molecular weight is 350 g/mol. The first kappa shape index (κ1) is 17.1.